The van der Waals surface area contributed by atoms with Crippen molar-refractivity contribution in [3.8, 4) is 11.1 Å². The summed E-state index contributed by atoms with van der Waals surface area (Å²) in [7, 11) is -3.88. The zero-order chi connectivity index (χ0) is 22.6. The summed E-state index contributed by atoms with van der Waals surface area (Å²) >= 11 is 0. The number of amides is 1. The number of hydrogen-bond donors (Lipinski definition) is 2. The summed E-state index contributed by atoms with van der Waals surface area (Å²) in [6, 6.07) is 19.0. The van der Waals surface area contributed by atoms with Crippen molar-refractivity contribution in [3.05, 3.63) is 89.0 Å². The minimum Gasteiger partial charge on any atom is -0.480 e. The van der Waals surface area contributed by atoms with E-state index in [1.807, 2.05) is 38.1 Å². The first-order valence-electron chi connectivity index (χ1n) is 9.66. The number of carbonyl (C=O) groups is 2. The number of carboxylic acid groups (broad SMARTS) is 1. The van der Waals surface area contributed by atoms with Crippen molar-refractivity contribution in [2.75, 3.05) is 5.75 Å². The van der Waals surface area contributed by atoms with E-state index >= 15 is 0 Å². The Morgan fingerprint density at radius 3 is 2.26 bits per heavy atom. The lowest BCUT2D eigenvalue weighted by molar-refractivity contribution is -0.134. The van der Waals surface area contributed by atoms with Gasteiger partial charge in [0, 0.05) is 12.1 Å². The fourth-order valence-corrected chi connectivity index (χ4v) is 4.26. The summed E-state index contributed by atoms with van der Waals surface area (Å²) in [6.45, 7) is 4.48. The molecule has 0 spiro atoms. The smallest absolute Gasteiger partial charge is 0.319 e. The third-order valence-corrected chi connectivity index (χ3v) is 6.76. The SMILES string of the molecule is Cc1cccc(CNC(=O)c2cccc(-c3ccc(S(=O)(=O)CC(=O)O)cc3)c2)c1C. The fraction of sp³-hybridized carbons (Fsp3) is 0.167. The van der Waals surface area contributed by atoms with Gasteiger partial charge in [0.15, 0.2) is 15.6 Å². The van der Waals surface area contributed by atoms with Crippen LogP contribution in [0.15, 0.2) is 71.6 Å². The molecule has 0 fully saturated rings. The first kappa shape index (κ1) is 22.2. The van der Waals surface area contributed by atoms with Gasteiger partial charge in [0.25, 0.3) is 5.91 Å². The molecule has 0 aliphatic heterocycles. The van der Waals surface area contributed by atoms with Gasteiger partial charge >= 0.3 is 5.97 Å². The second-order valence-electron chi connectivity index (χ2n) is 7.30. The van der Waals surface area contributed by atoms with Crippen LogP contribution in [0, 0.1) is 13.8 Å². The summed E-state index contributed by atoms with van der Waals surface area (Å²) in [5.74, 6) is -2.56. The van der Waals surface area contributed by atoms with Gasteiger partial charge in [-0.05, 0) is 65.9 Å². The Morgan fingerprint density at radius 2 is 1.58 bits per heavy atom. The highest BCUT2D eigenvalue weighted by Crippen LogP contribution is 2.23. The zero-order valence-electron chi connectivity index (χ0n) is 17.3. The van der Waals surface area contributed by atoms with E-state index in [1.165, 1.54) is 17.7 Å². The molecule has 0 saturated heterocycles. The lowest BCUT2D eigenvalue weighted by Gasteiger charge is -2.11. The van der Waals surface area contributed by atoms with Gasteiger partial charge in [0.1, 0.15) is 0 Å². The Hall–Kier alpha value is -3.45. The molecule has 3 aromatic carbocycles. The van der Waals surface area contributed by atoms with Crippen LogP contribution < -0.4 is 5.32 Å². The van der Waals surface area contributed by atoms with Crippen LogP contribution in [-0.4, -0.2) is 31.2 Å². The van der Waals surface area contributed by atoms with Crippen LogP contribution in [-0.2, 0) is 21.2 Å². The monoisotopic (exact) mass is 437 g/mol. The summed E-state index contributed by atoms with van der Waals surface area (Å²) in [5.41, 5.74) is 5.34. The topological polar surface area (TPSA) is 101 Å². The van der Waals surface area contributed by atoms with E-state index in [1.54, 1.807) is 30.3 Å². The average Bonchev–Trinajstić information content (AvgIpc) is 2.74. The molecule has 6 nitrogen and oxygen atoms in total. The molecule has 3 aromatic rings. The van der Waals surface area contributed by atoms with E-state index in [9.17, 15) is 18.0 Å². The molecule has 2 N–H and O–H groups in total. The predicted octanol–water partition coefficient (Wildman–Crippen LogP) is 3.76. The molecular weight excluding hydrogens is 414 g/mol. The highest BCUT2D eigenvalue weighted by Gasteiger charge is 2.18. The van der Waals surface area contributed by atoms with Crippen molar-refractivity contribution in [2.45, 2.75) is 25.3 Å². The van der Waals surface area contributed by atoms with E-state index in [-0.39, 0.29) is 10.8 Å². The van der Waals surface area contributed by atoms with Gasteiger partial charge in [0.05, 0.1) is 4.90 Å². The highest BCUT2D eigenvalue weighted by atomic mass is 32.2. The van der Waals surface area contributed by atoms with Crippen LogP contribution in [0.2, 0.25) is 0 Å². The second-order valence-corrected chi connectivity index (χ2v) is 9.29. The normalized spacial score (nSPS) is 11.2. The number of nitrogens with one attached hydrogen (secondary N) is 1. The fourth-order valence-electron chi connectivity index (χ4n) is 3.22. The molecule has 1 amide bonds. The van der Waals surface area contributed by atoms with Crippen molar-refractivity contribution < 1.29 is 23.1 Å². The van der Waals surface area contributed by atoms with E-state index in [2.05, 4.69) is 5.32 Å². The van der Waals surface area contributed by atoms with E-state index in [0.29, 0.717) is 12.1 Å². The molecule has 0 bridgehead atoms. The van der Waals surface area contributed by atoms with Gasteiger partial charge in [-0.15, -0.1) is 0 Å². The van der Waals surface area contributed by atoms with Crippen molar-refractivity contribution in [1.82, 2.24) is 5.32 Å². The Kier molecular flexibility index (Phi) is 6.56. The molecule has 0 saturated carbocycles. The minimum atomic E-state index is -3.88. The van der Waals surface area contributed by atoms with E-state index in [4.69, 9.17) is 5.11 Å². The summed E-state index contributed by atoms with van der Waals surface area (Å²) < 4.78 is 24.1. The number of rotatable bonds is 7. The number of aliphatic carboxylic acids is 1. The molecule has 0 atom stereocenters. The summed E-state index contributed by atoms with van der Waals surface area (Å²) in [4.78, 5) is 23.3. The number of aryl methyl sites for hydroxylation is 1. The van der Waals surface area contributed by atoms with Crippen LogP contribution in [0.1, 0.15) is 27.0 Å². The molecule has 0 unspecified atom stereocenters. The number of hydrogen-bond acceptors (Lipinski definition) is 4. The molecule has 0 heterocycles. The number of sulfone groups is 1. The van der Waals surface area contributed by atoms with Crippen LogP contribution in [0.3, 0.4) is 0 Å². The van der Waals surface area contributed by atoms with Gasteiger partial charge in [-0.3, -0.25) is 9.59 Å². The second kappa shape index (κ2) is 9.14. The van der Waals surface area contributed by atoms with Crippen LogP contribution in [0.25, 0.3) is 11.1 Å². The quantitative estimate of drug-likeness (QED) is 0.586. The van der Waals surface area contributed by atoms with Crippen LogP contribution in [0.5, 0.6) is 0 Å². The zero-order valence-corrected chi connectivity index (χ0v) is 18.1. The van der Waals surface area contributed by atoms with Crippen LogP contribution in [0.4, 0.5) is 0 Å². The standard InChI is InChI=1S/C24H23NO5S/c1-16-5-3-8-21(17(16)2)14-25-24(28)20-7-4-6-19(13-20)18-9-11-22(12-10-18)31(29,30)15-23(26)27/h3-13H,14-15H2,1-2H3,(H,25,28)(H,26,27). The molecule has 0 aliphatic rings. The lowest BCUT2D eigenvalue weighted by Crippen LogP contribution is -2.23. The van der Waals surface area contributed by atoms with E-state index in [0.717, 1.165) is 22.3 Å². The Balaban J connectivity index is 1.76. The molecule has 0 radical (unpaired) electrons. The molecule has 31 heavy (non-hydrogen) atoms. The number of carboxylic acids is 1. The Morgan fingerprint density at radius 1 is 0.903 bits per heavy atom. The molecule has 3 rings (SSSR count). The van der Waals surface area contributed by atoms with Gasteiger partial charge in [0.2, 0.25) is 0 Å². The first-order chi connectivity index (χ1) is 14.7. The highest BCUT2D eigenvalue weighted by molar-refractivity contribution is 7.92. The minimum absolute atomic E-state index is 0.0546. The van der Waals surface area contributed by atoms with Crippen molar-refractivity contribution >= 4 is 21.7 Å². The Labute approximate surface area is 181 Å². The third-order valence-electron chi connectivity index (χ3n) is 5.14. The third kappa shape index (κ3) is 5.38. The Bertz CT molecular complexity index is 1230. The molecule has 0 aromatic heterocycles. The molecule has 0 aliphatic carbocycles. The molecule has 7 heteroatoms. The lowest BCUT2D eigenvalue weighted by atomic mass is 10.0. The van der Waals surface area contributed by atoms with Gasteiger partial charge in [-0.25, -0.2) is 8.42 Å². The maximum Gasteiger partial charge on any atom is 0.319 e. The van der Waals surface area contributed by atoms with Gasteiger partial charge in [-0.2, -0.15) is 0 Å². The van der Waals surface area contributed by atoms with Gasteiger partial charge in [-0.1, -0.05) is 42.5 Å². The number of benzene rings is 3. The average molecular weight is 438 g/mol. The van der Waals surface area contributed by atoms with Gasteiger partial charge < -0.3 is 10.4 Å². The summed E-state index contributed by atoms with van der Waals surface area (Å²) in [5, 5.41) is 11.7. The van der Waals surface area contributed by atoms with E-state index < -0.39 is 21.6 Å². The summed E-state index contributed by atoms with van der Waals surface area (Å²) in [6.07, 6.45) is 0. The molecular formula is C24H23NO5S. The number of carbonyl (C=O) groups excluding carboxylic acids is 1. The van der Waals surface area contributed by atoms with Crippen molar-refractivity contribution in [1.29, 1.82) is 0 Å². The largest absolute Gasteiger partial charge is 0.480 e. The maximum atomic E-state index is 12.6. The van der Waals surface area contributed by atoms with Crippen molar-refractivity contribution in [2.24, 2.45) is 0 Å². The van der Waals surface area contributed by atoms with Crippen LogP contribution >= 0.6 is 0 Å². The van der Waals surface area contributed by atoms with Crippen molar-refractivity contribution in [3.63, 3.8) is 0 Å². The predicted molar refractivity (Wildman–Crippen MR) is 119 cm³/mol. The maximum absolute atomic E-state index is 12.6. The first-order valence-corrected chi connectivity index (χ1v) is 11.3. The molecule has 160 valence electrons.